The number of aliphatic imine (C=N–C) groups is 1. The molecule has 0 aliphatic carbocycles. The van der Waals surface area contributed by atoms with Crippen molar-refractivity contribution in [2.24, 2.45) is 4.99 Å². The smallest absolute Gasteiger partial charge is 0.279 e. The van der Waals surface area contributed by atoms with Gasteiger partial charge in [0.1, 0.15) is 17.1 Å². The number of carbonyl (C=O) groups excluding carboxylic acids is 1. The molecule has 4 aromatic rings. The van der Waals surface area contributed by atoms with Gasteiger partial charge in [0.2, 0.25) is 0 Å². The number of carbonyl (C=O) groups is 1. The van der Waals surface area contributed by atoms with Crippen LogP contribution in [-0.2, 0) is 13.1 Å². The van der Waals surface area contributed by atoms with Gasteiger partial charge >= 0.3 is 0 Å². The van der Waals surface area contributed by atoms with Crippen LogP contribution in [0, 0.1) is 5.82 Å². The van der Waals surface area contributed by atoms with Crippen molar-refractivity contribution in [3.05, 3.63) is 88.4 Å². The van der Waals surface area contributed by atoms with Crippen LogP contribution in [0.15, 0.2) is 70.7 Å². The quantitative estimate of drug-likeness (QED) is 0.397. The lowest BCUT2D eigenvalue weighted by atomic mass is 9.96. The van der Waals surface area contributed by atoms with E-state index in [-0.39, 0.29) is 28.5 Å². The predicted molar refractivity (Wildman–Crippen MR) is 141 cm³/mol. The Morgan fingerprint density at radius 3 is 2.76 bits per heavy atom. The molecule has 4 heterocycles. The zero-order valence-corrected chi connectivity index (χ0v) is 20.6. The fourth-order valence-electron chi connectivity index (χ4n) is 4.99. The molecule has 192 valence electrons. The molecule has 0 fully saturated rings. The molecule has 0 spiro atoms. The number of amides is 1. The van der Waals surface area contributed by atoms with Crippen molar-refractivity contribution in [2.45, 2.75) is 31.8 Å². The lowest BCUT2D eigenvalue weighted by Crippen LogP contribution is -2.25. The molecule has 2 aliphatic rings. The fraction of sp³-hybridized carbons (Fsp3) is 0.214. The maximum atomic E-state index is 15.1. The van der Waals surface area contributed by atoms with E-state index in [9.17, 15) is 9.59 Å². The van der Waals surface area contributed by atoms with Crippen LogP contribution in [0.1, 0.15) is 34.8 Å². The highest BCUT2D eigenvalue weighted by atomic mass is 19.1. The number of allylic oxidation sites excluding steroid dienone is 1. The zero-order chi connectivity index (χ0) is 26.2. The van der Waals surface area contributed by atoms with Gasteiger partial charge in [-0.3, -0.25) is 24.2 Å². The minimum Gasteiger partial charge on any atom is -0.497 e. The standard InChI is InChI=1S/C28H24FN5O4/c1-37-19-4-5-20-22(16-19)31-12-9-23(20)38-24-6-3-18(15-21(24)29)32-27(35)25-26(17-7-10-30-11-8-17)33-13-2-14-34(33)28(25)36/h3-7,9-12,15-17H,2,8,13-14H2,1H3,(H,32,35). The Labute approximate surface area is 216 Å². The second kappa shape index (κ2) is 9.62. The van der Waals surface area contributed by atoms with Crippen molar-refractivity contribution in [1.82, 2.24) is 14.3 Å². The van der Waals surface area contributed by atoms with E-state index in [4.69, 9.17) is 9.47 Å². The Bertz CT molecular complexity index is 1690. The number of benzene rings is 2. The summed E-state index contributed by atoms with van der Waals surface area (Å²) < 4.78 is 29.7. The summed E-state index contributed by atoms with van der Waals surface area (Å²) in [6.45, 7) is 1.22. The lowest BCUT2D eigenvalue weighted by Gasteiger charge is -2.16. The molecule has 1 atom stereocenters. The molecular formula is C28H24FN5O4. The van der Waals surface area contributed by atoms with Crippen molar-refractivity contribution in [3.8, 4) is 17.2 Å². The summed E-state index contributed by atoms with van der Waals surface area (Å²) >= 11 is 0. The van der Waals surface area contributed by atoms with Crippen LogP contribution < -0.4 is 20.3 Å². The molecule has 2 aromatic carbocycles. The number of fused-ring (bicyclic) bond motifs is 2. The van der Waals surface area contributed by atoms with Gasteiger partial charge in [0.05, 0.1) is 18.3 Å². The number of hydrogen-bond donors (Lipinski definition) is 1. The summed E-state index contributed by atoms with van der Waals surface area (Å²) in [6.07, 6.45) is 8.34. The van der Waals surface area contributed by atoms with E-state index < -0.39 is 11.7 Å². The van der Waals surface area contributed by atoms with Gasteiger partial charge in [0.15, 0.2) is 11.6 Å². The summed E-state index contributed by atoms with van der Waals surface area (Å²) in [5.74, 6) is -0.304. The Morgan fingerprint density at radius 1 is 1.11 bits per heavy atom. The van der Waals surface area contributed by atoms with Crippen molar-refractivity contribution in [3.63, 3.8) is 0 Å². The van der Waals surface area contributed by atoms with Gasteiger partial charge in [-0.2, -0.15) is 0 Å². The number of methoxy groups -OCH3 is 1. The third kappa shape index (κ3) is 4.13. The normalized spacial score (nSPS) is 16.0. The predicted octanol–water partition coefficient (Wildman–Crippen LogP) is 4.87. The van der Waals surface area contributed by atoms with Gasteiger partial charge in [0, 0.05) is 60.8 Å². The SMILES string of the molecule is COc1ccc2c(Oc3ccc(NC(=O)c4c(C5C=CN=CC5)n5n(c4=O)CCC5)cc3F)ccnc2c1. The number of aromatic nitrogens is 3. The minimum absolute atomic E-state index is 0.0125. The molecule has 0 saturated carbocycles. The number of anilines is 1. The molecule has 1 unspecified atom stereocenters. The molecule has 0 radical (unpaired) electrons. The number of ether oxygens (including phenoxy) is 2. The second-order valence-corrected chi connectivity index (χ2v) is 9.07. The molecule has 0 bridgehead atoms. The van der Waals surface area contributed by atoms with Crippen LogP contribution in [0.3, 0.4) is 0 Å². The number of pyridine rings is 1. The summed E-state index contributed by atoms with van der Waals surface area (Å²) in [5, 5.41) is 3.39. The van der Waals surface area contributed by atoms with Gasteiger partial charge in [-0.25, -0.2) is 9.07 Å². The van der Waals surface area contributed by atoms with Crippen LogP contribution in [0.25, 0.3) is 10.9 Å². The van der Waals surface area contributed by atoms with E-state index in [1.54, 1.807) is 54.7 Å². The van der Waals surface area contributed by atoms with Crippen molar-refractivity contribution in [2.75, 3.05) is 12.4 Å². The molecule has 1 N–H and O–H groups in total. The van der Waals surface area contributed by atoms with E-state index in [0.717, 1.165) is 6.42 Å². The molecule has 2 aromatic heterocycles. The fourth-order valence-corrected chi connectivity index (χ4v) is 4.99. The lowest BCUT2D eigenvalue weighted by molar-refractivity contribution is 0.102. The summed E-state index contributed by atoms with van der Waals surface area (Å²) in [4.78, 5) is 34.9. The van der Waals surface area contributed by atoms with Gasteiger partial charge in [-0.1, -0.05) is 6.08 Å². The molecule has 10 heteroatoms. The molecule has 9 nitrogen and oxygen atoms in total. The van der Waals surface area contributed by atoms with E-state index in [1.165, 1.54) is 18.2 Å². The molecule has 6 rings (SSSR count). The van der Waals surface area contributed by atoms with Crippen molar-refractivity contribution >= 4 is 28.7 Å². The Kier molecular flexibility index (Phi) is 5.99. The summed E-state index contributed by atoms with van der Waals surface area (Å²) in [5.41, 5.74) is 1.26. The van der Waals surface area contributed by atoms with Crippen LogP contribution >= 0.6 is 0 Å². The average molecular weight is 514 g/mol. The number of hydrogen-bond acceptors (Lipinski definition) is 6. The molecular weight excluding hydrogens is 489 g/mol. The van der Waals surface area contributed by atoms with E-state index >= 15 is 4.39 Å². The van der Waals surface area contributed by atoms with Gasteiger partial charge in [-0.15, -0.1) is 0 Å². The van der Waals surface area contributed by atoms with Gasteiger partial charge in [0.25, 0.3) is 11.5 Å². The van der Waals surface area contributed by atoms with Gasteiger partial charge < -0.3 is 14.8 Å². The van der Waals surface area contributed by atoms with Gasteiger partial charge in [-0.05, 0) is 43.2 Å². The van der Waals surface area contributed by atoms with E-state index in [1.807, 2.05) is 10.8 Å². The Morgan fingerprint density at radius 2 is 1.97 bits per heavy atom. The van der Waals surface area contributed by atoms with E-state index in [0.29, 0.717) is 47.6 Å². The van der Waals surface area contributed by atoms with Crippen molar-refractivity contribution < 1.29 is 18.7 Å². The average Bonchev–Trinajstić information content (AvgIpc) is 3.52. The molecule has 2 aliphatic heterocycles. The van der Waals surface area contributed by atoms with Crippen LogP contribution in [0.2, 0.25) is 0 Å². The molecule has 38 heavy (non-hydrogen) atoms. The molecule has 0 saturated heterocycles. The first-order chi connectivity index (χ1) is 18.5. The maximum absolute atomic E-state index is 15.1. The number of nitrogens with zero attached hydrogens (tertiary/aromatic N) is 4. The topological polar surface area (TPSA) is 99.7 Å². The Hall–Kier alpha value is -4.73. The maximum Gasteiger partial charge on any atom is 0.279 e. The van der Waals surface area contributed by atoms with Crippen LogP contribution in [-0.4, -0.2) is 33.6 Å². The van der Waals surface area contributed by atoms with Crippen molar-refractivity contribution in [1.29, 1.82) is 0 Å². The highest BCUT2D eigenvalue weighted by Gasteiger charge is 2.31. The highest BCUT2D eigenvalue weighted by molar-refractivity contribution is 6.05. The summed E-state index contributed by atoms with van der Waals surface area (Å²) in [6, 6.07) is 11.1. The Balaban J connectivity index is 1.26. The first-order valence-electron chi connectivity index (χ1n) is 12.3. The third-order valence-corrected chi connectivity index (χ3v) is 6.78. The molecule has 1 amide bonds. The number of halogens is 1. The second-order valence-electron chi connectivity index (χ2n) is 9.07. The highest BCUT2D eigenvalue weighted by Crippen LogP contribution is 2.33. The summed E-state index contributed by atoms with van der Waals surface area (Å²) in [7, 11) is 1.57. The first kappa shape index (κ1) is 23.7. The number of nitrogens with one attached hydrogen (secondary N) is 1. The first-order valence-corrected chi connectivity index (χ1v) is 12.3. The van der Waals surface area contributed by atoms with Crippen LogP contribution in [0.5, 0.6) is 17.2 Å². The number of rotatable bonds is 6. The van der Waals surface area contributed by atoms with Crippen LogP contribution in [0.4, 0.5) is 10.1 Å². The monoisotopic (exact) mass is 513 g/mol. The third-order valence-electron chi connectivity index (χ3n) is 6.78. The largest absolute Gasteiger partial charge is 0.497 e. The zero-order valence-electron chi connectivity index (χ0n) is 20.6. The minimum atomic E-state index is -0.663. The van der Waals surface area contributed by atoms with E-state index in [2.05, 4.69) is 15.3 Å².